The highest BCUT2D eigenvalue weighted by Gasteiger charge is 2.16. The quantitative estimate of drug-likeness (QED) is 0.114. The van der Waals surface area contributed by atoms with Gasteiger partial charge in [-0.3, -0.25) is 9.98 Å². The summed E-state index contributed by atoms with van der Waals surface area (Å²) < 4.78 is 0. The standard InChI is InChI=1S/C49H43N3/c1-34(11-9-29-50)37-19-24-40(25-20-37)48(51-3)32-49(41-26-22-39(23-27-41)46-17-8-16-45-35(2)10-6-18-47(45)46)52-33-36-12-7-15-42(30-36)44-28-21-38-13-4-5-14-43(38)31-44/h4-9,11-32,35H,3,10,33,50H2,1-2H3/b29-9-,34-11+,48-32-,52-49?. The van der Waals surface area contributed by atoms with Crippen molar-refractivity contribution < 1.29 is 0 Å². The predicted molar refractivity (Wildman–Crippen MR) is 225 cm³/mol. The topological polar surface area (TPSA) is 50.7 Å². The summed E-state index contributed by atoms with van der Waals surface area (Å²) in [7, 11) is 0. The number of hydrogen-bond donors (Lipinski definition) is 1. The zero-order valence-corrected chi connectivity index (χ0v) is 29.8. The first-order valence-electron chi connectivity index (χ1n) is 17.9. The van der Waals surface area contributed by atoms with E-state index in [0.29, 0.717) is 12.5 Å². The molecule has 6 aromatic carbocycles. The molecule has 1 aliphatic carbocycles. The van der Waals surface area contributed by atoms with E-state index in [0.717, 1.165) is 45.7 Å². The molecule has 1 unspecified atom stereocenters. The van der Waals surface area contributed by atoms with E-state index < -0.39 is 0 Å². The maximum absolute atomic E-state index is 5.55. The van der Waals surface area contributed by atoms with Crippen LogP contribution >= 0.6 is 0 Å². The molecule has 1 aliphatic rings. The van der Waals surface area contributed by atoms with Crippen LogP contribution in [0.1, 0.15) is 59.6 Å². The van der Waals surface area contributed by atoms with Gasteiger partial charge < -0.3 is 5.73 Å². The molecule has 0 saturated heterocycles. The highest BCUT2D eigenvalue weighted by atomic mass is 14.8. The van der Waals surface area contributed by atoms with E-state index in [4.69, 9.17) is 10.7 Å². The zero-order valence-electron chi connectivity index (χ0n) is 29.8. The van der Waals surface area contributed by atoms with Gasteiger partial charge in [-0.2, -0.15) is 0 Å². The molecule has 6 aromatic rings. The first-order chi connectivity index (χ1) is 25.5. The lowest BCUT2D eigenvalue weighted by Crippen LogP contribution is -2.02. The van der Waals surface area contributed by atoms with Gasteiger partial charge in [0.05, 0.1) is 18.0 Å². The molecule has 52 heavy (non-hydrogen) atoms. The smallest absolute Gasteiger partial charge is 0.0716 e. The van der Waals surface area contributed by atoms with Crippen LogP contribution in [0, 0.1) is 0 Å². The van der Waals surface area contributed by atoms with E-state index in [1.165, 1.54) is 44.2 Å². The van der Waals surface area contributed by atoms with Crippen molar-refractivity contribution in [1.82, 2.24) is 0 Å². The Hall–Kier alpha value is -6.32. The van der Waals surface area contributed by atoms with Crippen molar-refractivity contribution in [3.05, 3.63) is 197 Å². The number of nitrogens with zero attached hydrogens (tertiary/aromatic N) is 2. The minimum Gasteiger partial charge on any atom is -0.405 e. The number of aliphatic imine (C=N–C) groups is 2. The summed E-state index contributed by atoms with van der Waals surface area (Å²) in [5, 5.41) is 2.47. The molecule has 3 heteroatoms. The van der Waals surface area contributed by atoms with Crippen LogP contribution in [0.2, 0.25) is 0 Å². The van der Waals surface area contributed by atoms with Crippen molar-refractivity contribution in [2.75, 3.05) is 0 Å². The van der Waals surface area contributed by atoms with Crippen LogP contribution in [-0.4, -0.2) is 12.4 Å². The van der Waals surface area contributed by atoms with Gasteiger partial charge in [0.1, 0.15) is 0 Å². The Morgan fingerprint density at radius 3 is 2.25 bits per heavy atom. The number of nitrogens with two attached hydrogens (primary N) is 1. The van der Waals surface area contributed by atoms with E-state index in [9.17, 15) is 0 Å². The van der Waals surface area contributed by atoms with Crippen molar-refractivity contribution in [1.29, 1.82) is 0 Å². The van der Waals surface area contributed by atoms with Crippen molar-refractivity contribution in [3.63, 3.8) is 0 Å². The van der Waals surface area contributed by atoms with E-state index in [-0.39, 0.29) is 0 Å². The van der Waals surface area contributed by atoms with Gasteiger partial charge in [-0.05, 0) is 123 Å². The fraction of sp³-hybridized carbons (Fsp3) is 0.102. The van der Waals surface area contributed by atoms with Crippen LogP contribution < -0.4 is 5.73 Å². The Bertz CT molecular complexity index is 2390. The minimum atomic E-state index is 0.518. The Balaban J connectivity index is 1.24. The van der Waals surface area contributed by atoms with Gasteiger partial charge in [0.15, 0.2) is 0 Å². The van der Waals surface area contributed by atoms with E-state index in [2.05, 4.69) is 177 Å². The molecule has 0 aliphatic heterocycles. The highest BCUT2D eigenvalue weighted by Crippen LogP contribution is 2.36. The molecule has 7 rings (SSSR count). The van der Waals surface area contributed by atoms with E-state index >= 15 is 0 Å². The van der Waals surface area contributed by atoms with Gasteiger partial charge in [0.25, 0.3) is 0 Å². The number of hydrogen-bond acceptors (Lipinski definition) is 3. The fourth-order valence-electron chi connectivity index (χ4n) is 6.95. The Labute approximate surface area is 307 Å². The molecule has 0 fully saturated rings. The van der Waals surface area contributed by atoms with Crippen molar-refractivity contribution >= 4 is 40.5 Å². The molecule has 0 spiro atoms. The Morgan fingerprint density at radius 2 is 1.46 bits per heavy atom. The average molecular weight is 674 g/mol. The Morgan fingerprint density at radius 1 is 0.750 bits per heavy atom. The summed E-state index contributed by atoms with van der Waals surface area (Å²) in [5.41, 5.74) is 20.1. The molecular weight excluding hydrogens is 631 g/mol. The third kappa shape index (κ3) is 7.55. The van der Waals surface area contributed by atoms with E-state index in [1.807, 2.05) is 12.2 Å². The maximum Gasteiger partial charge on any atom is 0.0716 e. The lowest BCUT2D eigenvalue weighted by atomic mass is 9.84. The molecule has 1 atom stereocenters. The van der Waals surface area contributed by atoms with Gasteiger partial charge in [-0.15, -0.1) is 0 Å². The van der Waals surface area contributed by atoms with Gasteiger partial charge >= 0.3 is 0 Å². The van der Waals surface area contributed by atoms with Crippen LogP contribution in [0.4, 0.5) is 0 Å². The molecule has 0 radical (unpaired) electrons. The average Bonchev–Trinajstić information content (AvgIpc) is 3.20. The molecule has 2 N–H and O–H groups in total. The summed E-state index contributed by atoms with van der Waals surface area (Å²) in [6.45, 7) is 8.85. The van der Waals surface area contributed by atoms with Crippen molar-refractivity contribution in [2.24, 2.45) is 15.7 Å². The van der Waals surface area contributed by atoms with Crippen molar-refractivity contribution in [3.8, 4) is 22.3 Å². The van der Waals surface area contributed by atoms with Gasteiger partial charge in [0, 0.05) is 5.56 Å². The third-order valence-corrected chi connectivity index (χ3v) is 9.92. The van der Waals surface area contributed by atoms with Gasteiger partial charge in [0.2, 0.25) is 0 Å². The molecule has 254 valence electrons. The minimum absolute atomic E-state index is 0.518. The molecule has 0 amide bonds. The summed E-state index contributed by atoms with van der Waals surface area (Å²) in [6.07, 6.45) is 13.1. The molecule has 0 heterocycles. The van der Waals surface area contributed by atoms with Crippen LogP contribution in [0.3, 0.4) is 0 Å². The van der Waals surface area contributed by atoms with Crippen LogP contribution in [0.5, 0.6) is 0 Å². The molecule has 0 aromatic heterocycles. The second kappa shape index (κ2) is 15.7. The summed E-state index contributed by atoms with van der Waals surface area (Å²) in [4.78, 5) is 9.72. The van der Waals surface area contributed by atoms with Gasteiger partial charge in [-0.1, -0.05) is 146 Å². The monoisotopic (exact) mass is 673 g/mol. The second-order valence-corrected chi connectivity index (χ2v) is 13.4. The highest BCUT2D eigenvalue weighted by molar-refractivity contribution is 6.12. The SMILES string of the molecule is C=N/C(=C\C(=NCc1cccc(-c2ccc3ccccc3c2)c1)c1ccc(-c2cccc3c2C=CCC3C)cc1)c1ccc(/C(C)=C/C=C\N)cc1. The number of rotatable bonds is 10. The predicted octanol–water partition coefficient (Wildman–Crippen LogP) is 12.3. The first kappa shape index (κ1) is 34.1. The van der Waals surface area contributed by atoms with E-state index in [1.54, 1.807) is 6.20 Å². The Kier molecular flexibility index (Phi) is 10.3. The lowest BCUT2D eigenvalue weighted by molar-refractivity contribution is 0.772. The second-order valence-electron chi connectivity index (χ2n) is 13.4. The third-order valence-electron chi connectivity index (χ3n) is 9.92. The molecule has 0 saturated carbocycles. The van der Waals surface area contributed by atoms with Crippen LogP contribution in [0.25, 0.3) is 50.4 Å². The van der Waals surface area contributed by atoms with Crippen LogP contribution in [-0.2, 0) is 6.54 Å². The first-order valence-corrected chi connectivity index (χ1v) is 17.9. The largest absolute Gasteiger partial charge is 0.405 e. The number of benzene rings is 6. The maximum atomic E-state index is 5.55. The molecule has 3 nitrogen and oxygen atoms in total. The fourth-order valence-corrected chi connectivity index (χ4v) is 6.95. The lowest BCUT2D eigenvalue weighted by Gasteiger charge is -2.20. The number of allylic oxidation sites excluding steroid dienone is 5. The normalized spacial score (nSPS) is 14.9. The van der Waals surface area contributed by atoms with Crippen molar-refractivity contribution in [2.45, 2.75) is 32.7 Å². The van der Waals surface area contributed by atoms with Crippen LogP contribution in [0.15, 0.2) is 174 Å². The summed E-state index contributed by atoms with van der Waals surface area (Å²) >= 11 is 0. The summed E-state index contributed by atoms with van der Waals surface area (Å²) in [6, 6.07) is 47.6. The summed E-state index contributed by atoms with van der Waals surface area (Å²) in [5.74, 6) is 0.518. The number of fused-ring (bicyclic) bond motifs is 2. The van der Waals surface area contributed by atoms with Gasteiger partial charge in [-0.25, -0.2) is 0 Å². The molecule has 0 bridgehead atoms. The zero-order chi connectivity index (χ0) is 35.9. The molecular formula is C49H43N3.